The van der Waals surface area contributed by atoms with Gasteiger partial charge in [0, 0.05) is 37.3 Å². The molecule has 2 aliphatic rings. The van der Waals surface area contributed by atoms with Crippen LogP contribution in [-0.2, 0) is 26.3 Å². The number of pyridine rings is 1. The molecule has 2 aromatic heterocycles. The average molecular weight is 643 g/mol. The molecule has 0 spiro atoms. The first-order chi connectivity index (χ1) is 22.3. The Bertz CT molecular complexity index is 1890. The number of nitrogens with zero attached hydrogens (tertiary/aromatic N) is 6. The molecule has 12 heteroatoms. The number of carbonyl (C=O) groups excluding carboxylic acids is 1. The van der Waals surface area contributed by atoms with Crippen molar-refractivity contribution in [3.63, 3.8) is 0 Å². The van der Waals surface area contributed by atoms with E-state index in [9.17, 15) is 23.2 Å². The highest BCUT2D eigenvalue weighted by Crippen LogP contribution is 2.48. The van der Waals surface area contributed by atoms with E-state index in [-0.39, 0.29) is 47.4 Å². The van der Waals surface area contributed by atoms with E-state index in [0.717, 1.165) is 18.9 Å². The highest BCUT2D eigenvalue weighted by atomic mass is 19.4. The molecular formula is C35H37F3N8O. The fraction of sp³-hybridized carbons (Fsp3) is 0.400. The maximum atomic E-state index is 14.5. The highest BCUT2D eigenvalue weighted by molar-refractivity contribution is 6.10. The van der Waals surface area contributed by atoms with Crippen LogP contribution in [0.2, 0.25) is 0 Å². The minimum Gasteiger partial charge on any atom is -0.370 e. The topological polar surface area (TPSA) is 112 Å². The predicted octanol–water partition coefficient (Wildman–Crippen LogP) is 6.94. The van der Waals surface area contributed by atoms with E-state index in [1.807, 2.05) is 26.8 Å². The number of alkyl halides is 3. The van der Waals surface area contributed by atoms with E-state index in [4.69, 9.17) is 4.98 Å². The normalized spacial score (nSPS) is 15.9. The van der Waals surface area contributed by atoms with Crippen LogP contribution in [0.25, 0.3) is 22.5 Å². The Morgan fingerprint density at radius 1 is 1.06 bits per heavy atom. The van der Waals surface area contributed by atoms with Crippen LogP contribution in [-0.4, -0.2) is 38.2 Å². The lowest BCUT2D eigenvalue weighted by Gasteiger charge is -2.21. The number of nitriles is 1. The fourth-order valence-corrected chi connectivity index (χ4v) is 5.94. The number of halogens is 3. The van der Waals surface area contributed by atoms with Gasteiger partial charge in [-0.2, -0.15) is 18.4 Å². The molecule has 6 rings (SSSR count). The van der Waals surface area contributed by atoms with Gasteiger partial charge in [0.15, 0.2) is 5.82 Å². The molecule has 47 heavy (non-hydrogen) atoms. The number of hydrogen-bond donors (Lipinski definition) is 2. The summed E-state index contributed by atoms with van der Waals surface area (Å²) in [7, 11) is 1.81. The summed E-state index contributed by atoms with van der Waals surface area (Å²) in [6, 6.07) is 13.7. The van der Waals surface area contributed by atoms with Crippen molar-refractivity contribution in [3.05, 3.63) is 76.6 Å². The van der Waals surface area contributed by atoms with Crippen LogP contribution in [0.3, 0.4) is 0 Å². The van der Waals surface area contributed by atoms with E-state index in [1.165, 1.54) is 4.90 Å². The third kappa shape index (κ3) is 6.45. The number of carbonyl (C=O) groups is 1. The van der Waals surface area contributed by atoms with Crippen molar-refractivity contribution in [1.82, 2.24) is 25.1 Å². The summed E-state index contributed by atoms with van der Waals surface area (Å²) in [5, 5.41) is 24.6. The van der Waals surface area contributed by atoms with Crippen molar-refractivity contribution in [2.24, 2.45) is 18.4 Å². The summed E-state index contributed by atoms with van der Waals surface area (Å²) < 4.78 is 45.2. The van der Waals surface area contributed by atoms with Gasteiger partial charge in [0.2, 0.25) is 0 Å². The standard InChI is InChI=1S/C35H37F3N8O/c1-20(2)16-41-30-13-24(26-10-22(15-39)6-7-25(26)32-44-42-19-45(32)5)14-31(43-30)46-18-28-27(33(46)47)11-23(12-29(28)35(36,37)38)17-40-21(3)34(4)8-9-34/h6-7,10-14,19-21,40H,8-9,16-18H2,1-5H3,(H,41,43). The summed E-state index contributed by atoms with van der Waals surface area (Å²) in [5.41, 5.74) is 2.06. The van der Waals surface area contributed by atoms with E-state index in [1.54, 1.807) is 48.3 Å². The van der Waals surface area contributed by atoms with Gasteiger partial charge in [0.05, 0.1) is 23.7 Å². The van der Waals surface area contributed by atoms with Crippen molar-refractivity contribution in [2.45, 2.75) is 65.8 Å². The zero-order valence-corrected chi connectivity index (χ0v) is 27.0. The highest BCUT2D eigenvalue weighted by Gasteiger charge is 2.43. The smallest absolute Gasteiger partial charge is 0.370 e. The van der Waals surface area contributed by atoms with Crippen LogP contribution >= 0.6 is 0 Å². The maximum absolute atomic E-state index is 14.5. The second kappa shape index (κ2) is 12.1. The van der Waals surface area contributed by atoms with Crippen molar-refractivity contribution < 1.29 is 18.0 Å². The Hall–Kier alpha value is -4.76. The lowest BCUT2D eigenvalue weighted by Crippen LogP contribution is -2.33. The maximum Gasteiger partial charge on any atom is 0.416 e. The van der Waals surface area contributed by atoms with Gasteiger partial charge in [-0.1, -0.05) is 20.8 Å². The minimum atomic E-state index is -4.65. The second-order valence-corrected chi connectivity index (χ2v) is 13.3. The zero-order valence-electron chi connectivity index (χ0n) is 27.0. The number of hydrogen-bond acceptors (Lipinski definition) is 7. The molecule has 1 atom stereocenters. The number of rotatable bonds is 10. The van der Waals surface area contributed by atoms with Gasteiger partial charge >= 0.3 is 6.18 Å². The summed E-state index contributed by atoms with van der Waals surface area (Å²) in [6.07, 6.45) is -0.923. The number of fused-ring (bicyclic) bond motifs is 1. The van der Waals surface area contributed by atoms with Gasteiger partial charge in [0.25, 0.3) is 5.91 Å². The van der Waals surface area contributed by atoms with Gasteiger partial charge in [-0.25, -0.2) is 4.98 Å². The predicted molar refractivity (Wildman–Crippen MR) is 173 cm³/mol. The van der Waals surface area contributed by atoms with Crippen LogP contribution in [0.4, 0.5) is 24.8 Å². The molecule has 1 saturated carbocycles. The SMILES string of the molecule is CC(C)CNc1cc(-c2cc(C#N)ccc2-c2nncn2C)cc(N2Cc3c(cc(CNC(C)C4(C)CC4)cc3C(F)(F)F)C2=O)n1. The van der Waals surface area contributed by atoms with Crippen LogP contribution in [0, 0.1) is 22.7 Å². The van der Waals surface area contributed by atoms with Crippen molar-refractivity contribution in [2.75, 3.05) is 16.8 Å². The lowest BCUT2D eigenvalue weighted by atomic mass is 9.97. The molecule has 1 unspecified atom stereocenters. The lowest BCUT2D eigenvalue weighted by molar-refractivity contribution is -0.138. The Kier molecular flexibility index (Phi) is 8.30. The Morgan fingerprint density at radius 2 is 1.83 bits per heavy atom. The third-order valence-electron chi connectivity index (χ3n) is 9.30. The van der Waals surface area contributed by atoms with E-state index in [0.29, 0.717) is 46.0 Å². The minimum absolute atomic E-state index is 0.0251. The fourth-order valence-electron chi connectivity index (χ4n) is 5.94. The van der Waals surface area contributed by atoms with Crippen molar-refractivity contribution in [3.8, 4) is 28.6 Å². The van der Waals surface area contributed by atoms with Gasteiger partial charge in [-0.05, 0) is 95.8 Å². The van der Waals surface area contributed by atoms with Crippen molar-refractivity contribution >= 4 is 17.5 Å². The number of nitrogens with one attached hydrogen (secondary N) is 2. The summed E-state index contributed by atoms with van der Waals surface area (Å²) in [4.78, 5) is 20.0. The molecule has 1 fully saturated rings. The van der Waals surface area contributed by atoms with Crippen LogP contribution in [0.5, 0.6) is 0 Å². The molecule has 4 aromatic rings. The molecule has 2 aromatic carbocycles. The number of anilines is 2. The summed E-state index contributed by atoms with van der Waals surface area (Å²) in [6.45, 7) is 8.80. The molecule has 1 aliphatic heterocycles. The van der Waals surface area contributed by atoms with Crippen LogP contribution in [0.1, 0.15) is 73.1 Å². The van der Waals surface area contributed by atoms with Crippen LogP contribution in [0.15, 0.2) is 48.8 Å². The first-order valence-electron chi connectivity index (χ1n) is 15.7. The van der Waals surface area contributed by atoms with Gasteiger partial charge < -0.3 is 15.2 Å². The Morgan fingerprint density at radius 3 is 2.47 bits per heavy atom. The summed E-state index contributed by atoms with van der Waals surface area (Å²) in [5.74, 6) is 0.928. The molecule has 2 N–H and O–H groups in total. The monoisotopic (exact) mass is 642 g/mol. The molecular weight excluding hydrogens is 605 g/mol. The van der Waals surface area contributed by atoms with Gasteiger partial charge in [0.1, 0.15) is 18.0 Å². The molecule has 0 bridgehead atoms. The number of amides is 1. The van der Waals surface area contributed by atoms with E-state index in [2.05, 4.69) is 33.8 Å². The Labute approximate surface area is 271 Å². The van der Waals surface area contributed by atoms with Crippen molar-refractivity contribution in [1.29, 1.82) is 5.26 Å². The number of benzene rings is 2. The van der Waals surface area contributed by atoms with E-state index >= 15 is 0 Å². The largest absolute Gasteiger partial charge is 0.416 e. The first kappa shape index (κ1) is 32.2. The van der Waals surface area contributed by atoms with Gasteiger partial charge in [-0.3, -0.25) is 9.69 Å². The first-order valence-corrected chi connectivity index (χ1v) is 15.7. The van der Waals surface area contributed by atoms with E-state index < -0.39 is 17.6 Å². The van der Waals surface area contributed by atoms with Crippen LogP contribution < -0.4 is 15.5 Å². The third-order valence-corrected chi connectivity index (χ3v) is 9.30. The molecule has 3 heterocycles. The molecule has 1 aliphatic carbocycles. The zero-order chi connectivity index (χ0) is 33.7. The molecule has 9 nitrogen and oxygen atoms in total. The van der Waals surface area contributed by atoms with Gasteiger partial charge in [-0.15, -0.1) is 10.2 Å². The molecule has 244 valence electrons. The average Bonchev–Trinajstić information content (AvgIpc) is 3.51. The number of aromatic nitrogens is 4. The quantitative estimate of drug-likeness (QED) is 0.193. The molecule has 0 radical (unpaired) electrons. The Balaban J connectivity index is 1.43. The number of aryl methyl sites for hydroxylation is 1. The molecule has 0 saturated heterocycles. The second-order valence-electron chi connectivity index (χ2n) is 13.3. The summed E-state index contributed by atoms with van der Waals surface area (Å²) >= 11 is 0. The molecule has 1 amide bonds.